The van der Waals surface area contributed by atoms with Crippen molar-refractivity contribution in [3.63, 3.8) is 0 Å². The van der Waals surface area contributed by atoms with Crippen LogP contribution in [-0.4, -0.2) is 49.3 Å². The van der Waals surface area contributed by atoms with Gasteiger partial charge in [0.1, 0.15) is 11.4 Å². The average molecular weight is 353 g/mol. The smallest absolute Gasteiger partial charge is 0.260 e. The second kappa shape index (κ2) is 6.61. The molecule has 26 heavy (non-hydrogen) atoms. The predicted octanol–water partition coefficient (Wildman–Crippen LogP) is 2.74. The van der Waals surface area contributed by atoms with Gasteiger partial charge in [0.25, 0.3) is 5.91 Å². The van der Waals surface area contributed by atoms with Crippen LogP contribution in [0.2, 0.25) is 0 Å². The van der Waals surface area contributed by atoms with E-state index in [9.17, 15) is 4.79 Å². The van der Waals surface area contributed by atoms with Crippen molar-refractivity contribution in [1.29, 1.82) is 0 Å². The van der Waals surface area contributed by atoms with Crippen LogP contribution in [0.1, 0.15) is 24.2 Å². The van der Waals surface area contributed by atoms with E-state index in [-0.39, 0.29) is 5.91 Å². The van der Waals surface area contributed by atoms with Gasteiger partial charge in [-0.05, 0) is 32.0 Å². The lowest BCUT2D eigenvalue weighted by molar-refractivity contribution is 0.0836. The first-order chi connectivity index (χ1) is 12.5. The van der Waals surface area contributed by atoms with Gasteiger partial charge in [0.15, 0.2) is 0 Å². The summed E-state index contributed by atoms with van der Waals surface area (Å²) in [5.74, 6) is 0.672. The van der Waals surface area contributed by atoms with Crippen LogP contribution in [0.4, 0.5) is 11.4 Å². The summed E-state index contributed by atoms with van der Waals surface area (Å²) in [7, 11) is 0. The minimum atomic E-state index is -0.445. The van der Waals surface area contributed by atoms with Gasteiger partial charge in [-0.15, -0.1) is 0 Å². The summed E-state index contributed by atoms with van der Waals surface area (Å²) in [5, 5.41) is 0. The van der Waals surface area contributed by atoms with Gasteiger partial charge in [-0.25, -0.2) is 0 Å². The first kappa shape index (κ1) is 16.8. The van der Waals surface area contributed by atoms with E-state index in [2.05, 4.69) is 9.88 Å². The molecule has 0 N–H and O–H groups in total. The topological polar surface area (TPSA) is 54.9 Å². The summed E-state index contributed by atoms with van der Waals surface area (Å²) >= 11 is 0. The summed E-state index contributed by atoms with van der Waals surface area (Å²) in [5.41, 5.74) is 1.90. The van der Waals surface area contributed by atoms with Crippen LogP contribution >= 0.6 is 0 Å². The quantitative estimate of drug-likeness (QED) is 0.831. The Kier molecular flexibility index (Phi) is 4.28. The van der Waals surface area contributed by atoms with Crippen LogP contribution in [0.5, 0.6) is 5.75 Å². The number of carbonyl (C=O) groups excluding carboxylic acids is 1. The lowest BCUT2D eigenvalue weighted by atomic mass is 10.0. The predicted molar refractivity (Wildman–Crippen MR) is 100 cm³/mol. The van der Waals surface area contributed by atoms with E-state index >= 15 is 0 Å². The molecular weight excluding hydrogens is 330 g/mol. The molecule has 136 valence electrons. The van der Waals surface area contributed by atoms with Gasteiger partial charge in [-0.2, -0.15) is 0 Å². The first-order valence-electron chi connectivity index (χ1n) is 8.91. The molecule has 2 aromatic rings. The fourth-order valence-electron chi connectivity index (χ4n) is 3.44. The van der Waals surface area contributed by atoms with E-state index in [0.717, 1.165) is 30.2 Å². The largest absolute Gasteiger partial charge is 0.484 e. The number of para-hydroxylation sites is 2. The van der Waals surface area contributed by atoms with E-state index in [1.54, 1.807) is 17.3 Å². The lowest BCUT2D eigenvalue weighted by Crippen LogP contribution is -2.49. The van der Waals surface area contributed by atoms with Crippen LogP contribution in [0.15, 0.2) is 42.7 Å². The number of morpholine rings is 1. The molecule has 0 unspecified atom stereocenters. The molecule has 1 amide bonds. The van der Waals surface area contributed by atoms with Gasteiger partial charge in [0.2, 0.25) is 0 Å². The Morgan fingerprint density at radius 3 is 2.73 bits per heavy atom. The first-order valence-corrected chi connectivity index (χ1v) is 8.91. The summed E-state index contributed by atoms with van der Waals surface area (Å²) in [6.45, 7) is 7.49. The van der Waals surface area contributed by atoms with Crippen molar-refractivity contribution in [2.75, 3.05) is 42.6 Å². The summed E-state index contributed by atoms with van der Waals surface area (Å²) in [4.78, 5) is 21.6. The highest BCUT2D eigenvalue weighted by atomic mass is 16.5. The van der Waals surface area contributed by atoms with Gasteiger partial charge in [-0.3, -0.25) is 9.78 Å². The van der Waals surface area contributed by atoms with Crippen molar-refractivity contribution < 1.29 is 14.3 Å². The third-order valence-electron chi connectivity index (χ3n) is 4.67. The summed E-state index contributed by atoms with van der Waals surface area (Å²) < 4.78 is 11.4. The zero-order valence-corrected chi connectivity index (χ0v) is 15.1. The molecule has 2 aliphatic heterocycles. The van der Waals surface area contributed by atoms with E-state index < -0.39 is 5.60 Å². The van der Waals surface area contributed by atoms with Crippen LogP contribution in [0, 0.1) is 0 Å². The number of carbonyl (C=O) groups is 1. The third-order valence-corrected chi connectivity index (χ3v) is 4.67. The SMILES string of the molecule is CC1(C)CN(C(=O)c2cncc(N3CCOCC3)c2)c2ccccc2O1. The van der Waals surface area contributed by atoms with E-state index in [1.807, 2.05) is 44.2 Å². The molecule has 0 atom stereocenters. The van der Waals surface area contributed by atoms with Crippen molar-refractivity contribution in [3.8, 4) is 5.75 Å². The highest BCUT2D eigenvalue weighted by Crippen LogP contribution is 2.37. The van der Waals surface area contributed by atoms with E-state index in [1.165, 1.54) is 0 Å². The molecule has 1 aromatic carbocycles. The Hall–Kier alpha value is -2.60. The molecule has 3 heterocycles. The summed E-state index contributed by atoms with van der Waals surface area (Å²) in [6.07, 6.45) is 3.44. The number of nitrogens with zero attached hydrogens (tertiary/aromatic N) is 3. The Morgan fingerprint density at radius 2 is 1.92 bits per heavy atom. The number of hydrogen-bond donors (Lipinski definition) is 0. The number of pyridine rings is 1. The fourth-order valence-corrected chi connectivity index (χ4v) is 3.44. The molecule has 0 aliphatic carbocycles. The highest BCUT2D eigenvalue weighted by molar-refractivity contribution is 6.07. The van der Waals surface area contributed by atoms with E-state index in [0.29, 0.717) is 25.3 Å². The van der Waals surface area contributed by atoms with E-state index in [4.69, 9.17) is 9.47 Å². The van der Waals surface area contributed by atoms with Crippen molar-refractivity contribution >= 4 is 17.3 Å². The third kappa shape index (κ3) is 3.24. The number of fused-ring (bicyclic) bond motifs is 1. The lowest BCUT2D eigenvalue weighted by Gasteiger charge is -2.39. The molecule has 6 nitrogen and oxygen atoms in total. The number of ether oxygens (including phenoxy) is 2. The molecule has 0 radical (unpaired) electrons. The Morgan fingerprint density at radius 1 is 1.15 bits per heavy atom. The van der Waals surface area contributed by atoms with Crippen molar-refractivity contribution in [3.05, 3.63) is 48.3 Å². The van der Waals surface area contributed by atoms with Crippen LogP contribution < -0.4 is 14.5 Å². The molecule has 1 fully saturated rings. The Balaban J connectivity index is 1.65. The van der Waals surface area contributed by atoms with Gasteiger partial charge in [0.05, 0.1) is 42.9 Å². The zero-order valence-electron chi connectivity index (χ0n) is 15.1. The van der Waals surface area contributed by atoms with Crippen molar-refractivity contribution in [2.45, 2.75) is 19.4 Å². The van der Waals surface area contributed by atoms with Crippen molar-refractivity contribution in [2.24, 2.45) is 0 Å². The average Bonchev–Trinajstić information content (AvgIpc) is 2.67. The summed E-state index contributed by atoms with van der Waals surface area (Å²) in [6, 6.07) is 9.58. The number of rotatable bonds is 2. The number of benzene rings is 1. The van der Waals surface area contributed by atoms with Gasteiger partial charge in [-0.1, -0.05) is 12.1 Å². The molecule has 0 saturated carbocycles. The van der Waals surface area contributed by atoms with Gasteiger partial charge in [0, 0.05) is 19.3 Å². The van der Waals surface area contributed by atoms with Crippen LogP contribution in [0.25, 0.3) is 0 Å². The standard InChI is InChI=1S/C20H23N3O3/c1-20(2)14-23(17-5-3-4-6-18(17)26-20)19(24)15-11-16(13-21-12-15)22-7-9-25-10-8-22/h3-6,11-13H,7-10,14H2,1-2H3. The molecular formula is C20H23N3O3. The molecule has 6 heteroatoms. The minimum absolute atomic E-state index is 0.0589. The number of aromatic nitrogens is 1. The number of hydrogen-bond acceptors (Lipinski definition) is 5. The zero-order chi connectivity index (χ0) is 18.1. The molecule has 4 rings (SSSR count). The maximum atomic E-state index is 13.3. The second-order valence-electron chi connectivity index (χ2n) is 7.25. The maximum Gasteiger partial charge on any atom is 0.260 e. The van der Waals surface area contributed by atoms with Crippen molar-refractivity contribution in [1.82, 2.24) is 4.98 Å². The second-order valence-corrected chi connectivity index (χ2v) is 7.25. The molecule has 0 bridgehead atoms. The molecule has 0 spiro atoms. The Labute approximate surface area is 153 Å². The molecule has 1 aromatic heterocycles. The molecule has 2 aliphatic rings. The normalized spacial score (nSPS) is 18.8. The maximum absolute atomic E-state index is 13.3. The fraction of sp³-hybridized carbons (Fsp3) is 0.400. The van der Waals surface area contributed by atoms with Crippen LogP contribution in [0.3, 0.4) is 0 Å². The van der Waals surface area contributed by atoms with Gasteiger partial charge >= 0.3 is 0 Å². The monoisotopic (exact) mass is 353 g/mol. The highest BCUT2D eigenvalue weighted by Gasteiger charge is 2.35. The molecule has 1 saturated heterocycles. The number of amides is 1. The Bertz CT molecular complexity index is 815. The van der Waals surface area contributed by atoms with Crippen LogP contribution in [-0.2, 0) is 4.74 Å². The number of anilines is 2. The van der Waals surface area contributed by atoms with Gasteiger partial charge < -0.3 is 19.3 Å². The minimum Gasteiger partial charge on any atom is -0.484 e.